The van der Waals surface area contributed by atoms with Gasteiger partial charge in [0.1, 0.15) is 16.9 Å². The number of nitrogens with zero attached hydrogens (tertiary/aromatic N) is 3. The summed E-state index contributed by atoms with van der Waals surface area (Å²) in [5, 5.41) is 10.4. The number of carbonyl (C=O) groups excluding carboxylic acids is 2. The Labute approximate surface area is 198 Å². The standard InChI is InChI=1S/C26H29N5O3/c1-25(2)10-16-8-20(18(15-4-5-15)9-21(16)34-25)30-24(33)19-13-28-31-7-6-17(29-23(19)31)11-26(3)12-22(32)27-14-26/h6-9,13,15H,4-5,10-12,14H2,1-3H3,(H,27,32)(H,30,33)/t26-/m1/s1. The van der Waals surface area contributed by atoms with E-state index in [1.54, 1.807) is 10.7 Å². The van der Waals surface area contributed by atoms with Crippen LogP contribution in [0.2, 0.25) is 0 Å². The molecule has 2 aliphatic heterocycles. The maximum Gasteiger partial charge on any atom is 0.261 e. The van der Waals surface area contributed by atoms with Gasteiger partial charge in [0, 0.05) is 42.5 Å². The molecule has 4 heterocycles. The first kappa shape index (κ1) is 21.1. The zero-order valence-corrected chi connectivity index (χ0v) is 19.8. The van der Waals surface area contributed by atoms with Crippen molar-refractivity contribution in [3.8, 4) is 5.75 Å². The van der Waals surface area contributed by atoms with Gasteiger partial charge in [-0.1, -0.05) is 6.92 Å². The van der Waals surface area contributed by atoms with Crippen LogP contribution in [0.25, 0.3) is 5.65 Å². The number of hydrogen-bond acceptors (Lipinski definition) is 5. The van der Waals surface area contributed by atoms with Crippen molar-refractivity contribution in [2.45, 2.75) is 64.4 Å². The van der Waals surface area contributed by atoms with Crippen molar-refractivity contribution in [3.63, 3.8) is 0 Å². The Morgan fingerprint density at radius 1 is 1.26 bits per heavy atom. The van der Waals surface area contributed by atoms with Crippen molar-refractivity contribution in [1.82, 2.24) is 19.9 Å². The second kappa shape index (κ2) is 7.29. The minimum absolute atomic E-state index is 0.0719. The lowest BCUT2D eigenvalue weighted by molar-refractivity contribution is -0.119. The van der Waals surface area contributed by atoms with Crippen LogP contribution in [0.3, 0.4) is 0 Å². The Kier molecular flexibility index (Phi) is 4.53. The van der Waals surface area contributed by atoms with Gasteiger partial charge >= 0.3 is 0 Å². The van der Waals surface area contributed by atoms with E-state index in [2.05, 4.69) is 48.6 Å². The molecular formula is C26H29N5O3. The highest BCUT2D eigenvalue weighted by molar-refractivity contribution is 6.08. The average molecular weight is 460 g/mol. The smallest absolute Gasteiger partial charge is 0.261 e. The number of anilines is 1. The molecule has 1 saturated heterocycles. The summed E-state index contributed by atoms with van der Waals surface area (Å²) in [5.74, 6) is 1.25. The quantitative estimate of drug-likeness (QED) is 0.607. The summed E-state index contributed by atoms with van der Waals surface area (Å²) in [7, 11) is 0. The van der Waals surface area contributed by atoms with Crippen molar-refractivity contribution in [2.24, 2.45) is 5.41 Å². The fraction of sp³-hybridized carbons (Fsp3) is 0.462. The lowest BCUT2D eigenvalue weighted by atomic mass is 9.84. The molecule has 34 heavy (non-hydrogen) atoms. The van der Waals surface area contributed by atoms with Gasteiger partial charge in [-0.15, -0.1) is 0 Å². The van der Waals surface area contributed by atoms with E-state index in [1.807, 2.05) is 12.3 Å². The zero-order valence-electron chi connectivity index (χ0n) is 19.8. The van der Waals surface area contributed by atoms with E-state index in [-0.39, 0.29) is 22.8 Å². The van der Waals surface area contributed by atoms with Crippen molar-refractivity contribution in [2.75, 3.05) is 11.9 Å². The van der Waals surface area contributed by atoms with Gasteiger partial charge in [0.15, 0.2) is 5.65 Å². The molecule has 2 amide bonds. The van der Waals surface area contributed by atoms with E-state index in [0.29, 0.717) is 36.5 Å². The summed E-state index contributed by atoms with van der Waals surface area (Å²) >= 11 is 0. The average Bonchev–Trinajstić information content (AvgIpc) is 3.32. The molecular weight excluding hydrogens is 430 g/mol. The SMILES string of the molecule is CC1(C)Cc2cc(NC(=O)c3cnn4ccc(C[C@@]5(C)CNC(=O)C5)nc34)c(C3CC3)cc2O1. The van der Waals surface area contributed by atoms with E-state index < -0.39 is 0 Å². The van der Waals surface area contributed by atoms with Crippen LogP contribution >= 0.6 is 0 Å². The molecule has 1 saturated carbocycles. The number of carbonyl (C=O) groups is 2. The molecule has 8 nitrogen and oxygen atoms in total. The lowest BCUT2D eigenvalue weighted by Gasteiger charge is -2.20. The van der Waals surface area contributed by atoms with Gasteiger partial charge in [0.05, 0.1) is 6.20 Å². The second-order valence-corrected chi connectivity index (χ2v) is 11.0. The first-order chi connectivity index (χ1) is 16.2. The van der Waals surface area contributed by atoms with Crippen LogP contribution in [0.15, 0.2) is 30.6 Å². The Hall–Kier alpha value is -3.42. The van der Waals surface area contributed by atoms with Gasteiger partial charge in [-0.25, -0.2) is 9.50 Å². The highest BCUT2D eigenvalue weighted by Crippen LogP contribution is 2.48. The van der Waals surface area contributed by atoms with E-state index in [0.717, 1.165) is 47.5 Å². The number of aromatic nitrogens is 3. The lowest BCUT2D eigenvalue weighted by Crippen LogP contribution is -2.24. The normalized spacial score (nSPS) is 23.0. The van der Waals surface area contributed by atoms with Crippen LogP contribution in [0.5, 0.6) is 5.75 Å². The minimum Gasteiger partial charge on any atom is -0.487 e. The number of amides is 2. The third-order valence-electron chi connectivity index (χ3n) is 7.08. The number of benzene rings is 1. The van der Waals surface area contributed by atoms with Crippen LogP contribution in [0.1, 0.15) is 73.1 Å². The molecule has 0 unspecified atom stereocenters. The van der Waals surface area contributed by atoms with Crippen LogP contribution in [0.4, 0.5) is 5.69 Å². The summed E-state index contributed by atoms with van der Waals surface area (Å²) in [4.78, 5) is 29.9. The third-order valence-corrected chi connectivity index (χ3v) is 7.08. The van der Waals surface area contributed by atoms with Crippen LogP contribution in [-0.4, -0.2) is 38.6 Å². The first-order valence-corrected chi connectivity index (χ1v) is 12.0. The number of hydrogen-bond donors (Lipinski definition) is 2. The van der Waals surface area contributed by atoms with Gasteiger partial charge < -0.3 is 15.4 Å². The van der Waals surface area contributed by atoms with Crippen molar-refractivity contribution in [1.29, 1.82) is 0 Å². The second-order valence-electron chi connectivity index (χ2n) is 11.0. The maximum absolute atomic E-state index is 13.4. The summed E-state index contributed by atoms with van der Waals surface area (Å²) in [5.41, 5.74) is 4.51. The summed E-state index contributed by atoms with van der Waals surface area (Å²) < 4.78 is 7.75. The molecule has 2 fully saturated rings. The molecule has 0 spiro atoms. The minimum atomic E-state index is -0.232. The van der Waals surface area contributed by atoms with Gasteiger partial charge in [-0.05, 0) is 68.2 Å². The Morgan fingerprint density at radius 3 is 2.82 bits per heavy atom. The molecule has 176 valence electrons. The van der Waals surface area contributed by atoms with Gasteiger partial charge in [-0.3, -0.25) is 9.59 Å². The van der Waals surface area contributed by atoms with Gasteiger partial charge in [0.25, 0.3) is 5.91 Å². The maximum atomic E-state index is 13.4. The fourth-order valence-electron chi connectivity index (χ4n) is 5.25. The number of ether oxygens (including phenoxy) is 1. The summed E-state index contributed by atoms with van der Waals surface area (Å²) in [6.45, 7) is 6.89. The molecule has 8 heteroatoms. The zero-order chi connectivity index (χ0) is 23.7. The van der Waals surface area contributed by atoms with Crippen LogP contribution in [0, 0.1) is 5.41 Å². The number of fused-ring (bicyclic) bond motifs is 2. The highest BCUT2D eigenvalue weighted by Gasteiger charge is 2.36. The summed E-state index contributed by atoms with van der Waals surface area (Å²) in [6.07, 6.45) is 7.60. The monoisotopic (exact) mass is 459 g/mol. The van der Waals surface area contributed by atoms with E-state index >= 15 is 0 Å². The molecule has 1 atom stereocenters. The van der Waals surface area contributed by atoms with Crippen molar-refractivity contribution in [3.05, 3.63) is 53.0 Å². The topological polar surface area (TPSA) is 97.6 Å². The molecule has 0 radical (unpaired) electrons. The van der Waals surface area contributed by atoms with Gasteiger partial charge in [-0.2, -0.15) is 5.10 Å². The van der Waals surface area contributed by atoms with Gasteiger partial charge in [0.2, 0.25) is 5.91 Å². The predicted molar refractivity (Wildman–Crippen MR) is 127 cm³/mol. The van der Waals surface area contributed by atoms with Crippen molar-refractivity contribution >= 4 is 23.1 Å². The fourth-order valence-corrected chi connectivity index (χ4v) is 5.25. The molecule has 3 aromatic rings. The molecule has 6 rings (SSSR count). The molecule has 1 aromatic carbocycles. The molecule has 3 aliphatic rings. The Morgan fingerprint density at radius 2 is 2.09 bits per heavy atom. The van der Waals surface area contributed by atoms with Crippen molar-refractivity contribution < 1.29 is 14.3 Å². The molecule has 2 N–H and O–H groups in total. The first-order valence-electron chi connectivity index (χ1n) is 12.0. The molecule has 1 aliphatic carbocycles. The third kappa shape index (κ3) is 3.81. The van der Waals surface area contributed by atoms with E-state index in [4.69, 9.17) is 9.72 Å². The number of nitrogens with one attached hydrogen (secondary N) is 2. The Balaban J connectivity index is 1.29. The predicted octanol–water partition coefficient (Wildman–Crippen LogP) is 3.64. The van der Waals surface area contributed by atoms with Crippen LogP contribution in [-0.2, 0) is 17.6 Å². The number of rotatable bonds is 5. The highest BCUT2D eigenvalue weighted by atomic mass is 16.5. The Bertz CT molecular complexity index is 1340. The van der Waals surface area contributed by atoms with Crippen LogP contribution < -0.4 is 15.4 Å². The summed E-state index contributed by atoms with van der Waals surface area (Å²) in [6, 6.07) is 6.09. The largest absolute Gasteiger partial charge is 0.487 e. The molecule has 2 aromatic heterocycles. The van der Waals surface area contributed by atoms with E-state index in [9.17, 15) is 9.59 Å². The van der Waals surface area contributed by atoms with E-state index in [1.165, 1.54) is 0 Å². The molecule has 0 bridgehead atoms.